The molecule has 0 saturated heterocycles. The number of halogens is 3. The first kappa shape index (κ1) is 11.8. The summed E-state index contributed by atoms with van der Waals surface area (Å²) in [5, 5.41) is 0.760. The Morgan fingerprint density at radius 1 is 1.50 bits per heavy atom. The first-order valence-electron chi connectivity index (χ1n) is 3.73. The van der Waals surface area contributed by atoms with Crippen molar-refractivity contribution in [2.45, 2.75) is 0 Å². The van der Waals surface area contributed by atoms with E-state index in [2.05, 4.69) is 15.9 Å². The highest BCUT2D eigenvalue weighted by Crippen LogP contribution is 2.33. The number of carbonyl (C=O) groups is 1. The van der Waals surface area contributed by atoms with E-state index in [0.717, 1.165) is 0 Å². The molecule has 14 heavy (non-hydrogen) atoms. The smallest absolute Gasteiger partial charge is 0.178 e. The molecule has 0 spiro atoms. The Morgan fingerprint density at radius 3 is 2.64 bits per heavy atom. The topological polar surface area (TPSA) is 26.3 Å². The van der Waals surface area contributed by atoms with E-state index in [1.54, 1.807) is 12.1 Å². The van der Waals surface area contributed by atoms with Crippen LogP contribution in [0, 0.1) is 0 Å². The molecule has 1 aromatic rings. The third-order valence-corrected chi connectivity index (χ3v) is 2.99. The van der Waals surface area contributed by atoms with E-state index in [1.807, 2.05) is 0 Å². The zero-order valence-electron chi connectivity index (χ0n) is 7.31. The lowest BCUT2D eigenvalue weighted by Crippen LogP contribution is -2.04. The van der Waals surface area contributed by atoms with Crippen LogP contribution >= 0.6 is 39.1 Å². The number of ketones is 1. The summed E-state index contributed by atoms with van der Waals surface area (Å²) in [6, 6.07) is 3.21. The summed E-state index contributed by atoms with van der Waals surface area (Å²) in [4.78, 5) is 11.5. The van der Waals surface area contributed by atoms with E-state index < -0.39 is 0 Å². The lowest BCUT2D eigenvalue weighted by molar-refractivity contribution is 0.102. The summed E-state index contributed by atoms with van der Waals surface area (Å²) in [5.41, 5.74) is 0.318. The second-order valence-electron chi connectivity index (χ2n) is 2.50. The third-order valence-electron chi connectivity index (χ3n) is 1.68. The van der Waals surface area contributed by atoms with Gasteiger partial charge in [-0.2, -0.15) is 0 Å². The standard InChI is InChI=1S/C9H7BrCl2O2/c1-14-7-3-2-5(11)9(12)8(7)6(13)4-10/h2-3H,4H2,1H3. The Labute approximate surface area is 100 Å². The van der Waals surface area contributed by atoms with E-state index >= 15 is 0 Å². The average Bonchev–Trinajstić information content (AvgIpc) is 2.20. The highest BCUT2D eigenvalue weighted by Gasteiger charge is 2.17. The van der Waals surface area contributed by atoms with Crippen LogP contribution in [-0.2, 0) is 0 Å². The molecule has 0 N–H and O–H groups in total. The summed E-state index contributed by atoms with van der Waals surface area (Å²) < 4.78 is 5.02. The van der Waals surface area contributed by atoms with Crippen LogP contribution in [0.25, 0.3) is 0 Å². The van der Waals surface area contributed by atoms with E-state index in [1.165, 1.54) is 7.11 Å². The zero-order chi connectivity index (χ0) is 10.7. The first-order chi connectivity index (χ1) is 6.61. The zero-order valence-corrected chi connectivity index (χ0v) is 10.4. The molecule has 0 radical (unpaired) electrons. The Morgan fingerprint density at radius 2 is 2.14 bits per heavy atom. The molecule has 0 aromatic heterocycles. The molecular formula is C9H7BrCl2O2. The first-order valence-corrected chi connectivity index (χ1v) is 5.60. The quantitative estimate of drug-likeness (QED) is 0.630. The van der Waals surface area contributed by atoms with Gasteiger partial charge >= 0.3 is 0 Å². The average molecular weight is 298 g/mol. The Kier molecular flexibility index (Phi) is 4.23. The summed E-state index contributed by atoms with van der Waals surface area (Å²) in [7, 11) is 1.48. The fraction of sp³-hybridized carbons (Fsp3) is 0.222. The summed E-state index contributed by atoms with van der Waals surface area (Å²) in [6.45, 7) is 0. The van der Waals surface area contributed by atoms with Crippen LogP contribution < -0.4 is 4.74 Å². The molecule has 0 amide bonds. The van der Waals surface area contributed by atoms with Gasteiger partial charge in [-0.15, -0.1) is 0 Å². The molecule has 0 saturated carbocycles. The van der Waals surface area contributed by atoms with Crippen molar-refractivity contribution < 1.29 is 9.53 Å². The van der Waals surface area contributed by atoms with Gasteiger partial charge in [0.15, 0.2) is 5.78 Å². The molecule has 0 bridgehead atoms. The van der Waals surface area contributed by atoms with Crippen molar-refractivity contribution in [1.82, 2.24) is 0 Å². The Balaban J connectivity index is 3.35. The van der Waals surface area contributed by atoms with Gasteiger partial charge in [-0.3, -0.25) is 4.79 Å². The number of hydrogen-bond acceptors (Lipinski definition) is 2. The number of alkyl halides is 1. The van der Waals surface area contributed by atoms with Crippen molar-refractivity contribution in [1.29, 1.82) is 0 Å². The molecule has 76 valence electrons. The highest BCUT2D eigenvalue weighted by atomic mass is 79.9. The molecule has 0 aliphatic carbocycles. The van der Waals surface area contributed by atoms with Crippen molar-refractivity contribution in [3.8, 4) is 5.75 Å². The number of carbonyl (C=O) groups excluding carboxylic acids is 1. The summed E-state index contributed by atoms with van der Waals surface area (Å²) in [6.07, 6.45) is 0. The molecule has 0 fully saturated rings. The van der Waals surface area contributed by atoms with Gasteiger partial charge in [0.2, 0.25) is 0 Å². The van der Waals surface area contributed by atoms with Gasteiger partial charge in [-0.1, -0.05) is 39.1 Å². The lowest BCUT2D eigenvalue weighted by Gasteiger charge is -2.09. The van der Waals surface area contributed by atoms with Gasteiger partial charge in [0.05, 0.1) is 28.0 Å². The lowest BCUT2D eigenvalue weighted by atomic mass is 10.1. The predicted octanol–water partition coefficient (Wildman–Crippen LogP) is 3.58. The summed E-state index contributed by atoms with van der Waals surface area (Å²) >= 11 is 14.8. The number of benzene rings is 1. The van der Waals surface area contributed by atoms with E-state index in [0.29, 0.717) is 16.3 Å². The minimum Gasteiger partial charge on any atom is -0.496 e. The van der Waals surface area contributed by atoms with Gasteiger partial charge < -0.3 is 4.74 Å². The molecule has 2 nitrogen and oxygen atoms in total. The largest absolute Gasteiger partial charge is 0.496 e. The van der Waals surface area contributed by atoms with E-state index in [4.69, 9.17) is 27.9 Å². The molecule has 5 heteroatoms. The van der Waals surface area contributed by atoms with E-state index in [-0.39, 0.29) is 16.1 Å². The fourth-order valence-corrected chi connectivity index (χ4v) is 1.73. The van der Waals surface area contributed by atoms with Crippen LogP contribution in [0.4, 0.5) is 0 Å². The van der Waals surface area contributed by atoms with Gasteiger partial charge in [-0.25, -0.2) is 0 Å². The van der Waals surface area contributed by atoms with Gasteiger partial charge in [-0.05, 0) is 12.1 Å². The van der Waals surface area contributed by atoms with Crippen molar-refractivity contribution in [3.63, 3.8) is 0 Å². The van der Waals surface area contributed by atoms with Crippen molar-refractivity contribution >= 4 is 44.9 Å². The molecular weight excluding hydrogens is 291 g/mol. The second-order valence-corrected chi connectivity index (χ2v) is 3.84. The molecule has 0 aliphatic heterocycles. The number of Topliss-reactive ketones (excluding diaryl/α,β-unsaturated/α-hetero) is 1. The van der Waals surface area contributed by atoms with E-state index in [9.17, 15) is 4.79 Å². The number of rotatable bonds is 3. The van der Waals surface area contributed by atoms with Gasteiger partial charge in [0.1, 0.15) is 5.75 Å². The van der Waals surface area contributed by atoms with Crippen LogP contribution in [0.1, 0.15) is 10.4 Å². The molecule has 1 aromatic carbocycles. The van der Waals surface area contributed by atoms with Crippen molar-refractivity contribution in [2.24, 2.45) is 0 Å². The number of ether oxygens (including phenoxy) is 1. The predicted molar refractivity (Wildman–Crippen MR) is 61.1 cm³/mol. The monoisotopic (exact) mass is 296 g/mol. The van der Waals surface area contributed by atoms with Gasteiger partial charge in [0, 0.05) is 0 Å². The van der Waals surface area contributed by atoms with Crippen molar-refractivity contribution in [2.75, 3.05) is 12.4 Å². The SMILES string of the molecule is COc1ccc(Cl)c(Cl)c1C(=O)CBr. The maximum atomic E-state index is 11.5. The Bertz CT molecular complexity index is 366. The molecule has 0 aliphatic rings. The maximum absolute atomic E-state index is 11.5. The molecule has 1 rings (SSSR count). The van der Waals surface area contributed by atoms with Crippen LogP contribution in [0.2, 0.25) is 10.0 Å². The Hall–Kier alpha value is -0.250. The van der Waals surface area contributed by atoms with Crippen LogP contribution in [-0.4, -0.2) is 18.2 Å². The fourth-order valence-electron chi connectivity index (χ4n) is 1.03. The second kappa shape index (κ2) is 5.01. The molecule has 0 heterocycles. The molecule has 0 unspecified atom stereocenters. The normalized spacial score (nSPS) is 10.0. The third kappa shape index (κ3) is 2.22. The number of hydrogen-bond donors (Lipinski definition) is 0. The minimum atomic E-state index is -0.158. The van der Waals surface area contributed by atoms with Crippen LogP contribution in [0.5, 0.6) is 5.75 Å². The maximum Gasteiger partial charge on any atom is 0.178 e. The van der Waals surface area contributed by atoms with Crippen LogP contribution in [0.15, 0.2) is 12.1 Å². The van der Waals surface area contributed by atoms with Gasteiger partial charge in [0.25, 0.3) is 0 Å². The minimum absolute atomic E-state index is 0.158. The highest BCUT2D eigenvalue weighted by molar-refractivity contribution is 9.09. The number of methoxy groups -OCH3 is 1. The molecule has 0 atom stereocenters. The van der Waals surface area contributed by atoms with Crippen LogP contribution in [0.3, 0.4) is 0 Å². The van der Waals surface area contributed by atoms with Crippen molar-refractivity contribution in [3.05, 3.63) is 27.7 Å². The summed E-state index contributed by atoms with van der Waals surface area (Å²) in [5.74, 6) is 0.276.